The molecule has 0 heterocycles. The number of rotatable bonds is 7. The predicted octanol–water partition coefficient (Wildman–Crippen LogP) is 1.85. The van der Waals surface area contributed by atoms with Gasteiger partial charge < -0.3 is 19.5 Å². The van der Waals surface area contributed by atoms with Gasteiger partial charge in [-0.1, -0.05) is 39.8 Å². The van der Waals surface area contributed by atoms with Crippen LogP contribution in [0.2, 0.25) is 0 Å². The van der Waals surface area contributed by atoms with Gasteiger partial charge in [-0.15, -0.1) is 0 Å². The SMILES string of the molecule is COC(=O)C(C(=O)OC)[C@H](C)[C@@H](NC(=O)c1ccc(C(C)(C)C)cc1)C(=O)OC. The van der Waals surface area contributed by atoms with E-state index in [0.717, 1.165) is 26.9 Å². The van der Waals surface area contributed by atoms with Crippen molar-refractivity contribution in [3.8, 4) is 0 Å². The molecule has 29 heavy (non-hydrogen) atoms. The van der Waals surface area contributed by atoms with Crippen molar-refractivity contribution in [1.82, 2.24) is 5.32 Å². The van der Waals surface area contributed by atoms with Crippen LogP contribution in [0.5, 0.6) is 0 Å². The third kappa shape index (κ3) is 6.04. The monoisotopic (exact) mass is 407 g/mol. The minimum atomic E-state index is -1.40. The number of hydrogen-bond donors (Lipinski definition) is 1. The first-order valence-electron chi connectivity index (χ1n) is 9.12. The molecule has 0 aliphatic carbocycles. The summed E-state index contributed by atoms with van der Waals surface area (Å²) in [6, 6.07) is 5.69. The Hall–Kier alpha value is -2.90. The first kappa shape index (κ1) is 24.1. The molecule has 0 aromatic heterocycles. The second-order valence-electron chi connectivity index (χ2n) is 7.68. The van der Waals surface area contributed by atoms with Crippen LogP contribution in [0.25, 0.3) is 0 Å². The van der Waals surface area contributed by atoms with Crippen molar-refractivity contribution in [1.29, 1.82) is 0 Å². The maximum absolute atomic E-state index is 12.7. The maximum atomic E-state index is 12.7. The van der Waals surface area contributed by atoms with Gasteiger partial charge in [0, 0.05) is 11.5 Å². The average Bonchev–Trinajstić information content (AvgIpc) is 2.70. The summed E-state index contributed by atoms with van der Waals surface area (Å²) >= 11 is 0. The molecule has 8 nitrogen and oxygen atoms in total. The third-order valence-corrected chi connectivity index (χ3v) is 4.72. The summed E-state index contributed by atoms with van der Waals surface area (Å²) in [5.41, 5.74) is 1.29. The van der Waals surface area contributed by atoms with E-state index in [9.17, 15) is 19.2 Å². The Morgan fingerprint density at radius 3 is 1.66 bits per heavy atom. The zero-order valence-electron chi connectivity index (χ0n) is 17.9. The van der Waals surface area contributed by atoms with E-state index in [1.165, 1.54) is 6.92 Å². The summed E-state index contributed by atoms with van der Waals surface area (Å²) in [5, 5.41) is 2.55. The van der Waals surface area contributed by atoms with Crippen LogP contribution in [0.3, 0.4) is 0 Å². The third-order valence-electron chi connectivity index (χ3n) is 4.72. The fourth-order valence-electron chi connectivity index (χ4n) is 2.85. The molecule has 0 saturated heterocycles. The number of methoxy groups -OCH3 is 3. The Kier molecular flexibility index (Phi) is 8.36. The summed E-state index contributed by atoms with van der Waals surface area (Å²) < 4.78 is 14.1. The quantitative estimate of drug-likeness (QED) is 0.417. The molecule has 0 fully saturated rings. The molecule has 1 rings (SSSR count). The highest BCUT2D eigenvalue weighted by atomic mass is 16.5. The predicted molar refractivity (Wildman–Crippen MR) is 105 cm³/mol. The standard InChI is InChI=1S/C21H29NO7/c1-12(15(18(24)27-5)19(25)28-6)16(20(26)29-7)22-17(23)13-8-10-14(11-9-13)21(2,3)4/h8-12,15-16H,1-7H3,(H,22,23)/t12-,16+/m0/s1. The van der Waals surface area contributed by atoms with Crippen molar-refractivity contribution in [3.05, 3.63) is 35.4 Å². The Morgan fingerprint density at radius 1 is 0.828 bits per heavy atom. The summed E-state index contributed by atoms with van der Waals surface area (Å²) in [4.78, 5) is 49.1. The van der Waals surface area contributed by atoms with Crippen molar-refractivity contribution in [3.63, 3.8) is 0 Å². The minimum absolute atomic E-state index is 0.0771. The van der Waals surface area contributed by atoms with E-state index >= 15 is 0 Å². The molecule has 0 bridgehead atoms. The van der Waals surface area contributed by atoms with Crippen LogP contribution >= 0.6 is 0 Å². The number of hydrogen-bond acceptors (Lipinski definition) is 7. The molecule has 8 heteroatoms. The number of esters is 3. The number of ether oxygens (including phenoxy) is 3. The fourth-order valence-corrected chi connectivity index (χ4v) is 2.85. The lowest BCUT2D eigenvalue weighted by Gasteiger charge is -2.27. The summed E-state index contributed by atoms with van der Waals surface area (Å²) in [5.74, 6) is -5.46. The highest BCUT2D eigenvalue weighted by Gasteiger charge is 2.42. The van der Waals surface area contributed by atoms with Gasteiger partial charge in [0.25, 0.3) is 5.91 Å². The van der Waals surface area contributed by atoms with Crippen molar-refractivity contribution in [2.45, 2.75) is 39.2 Å². The van der Waals surface area contributed by atoms with E-state index in [2.05, 4.69) is 35.6 Å². The lowest BCUT2D eigenvalue weighted by atomic mass is 9.86. The van der Waals surface area contributed by atoms with Crippen LogP contribution < -0.4 is 5.32 Å². The van der Waals surface area contributed by atoms with Gasteiger partial charge in [0.15, 0.2) is 5.92 Å². The molecular weight excluding hydrogens is 378 g/mol. The van der Waals surface area contributed by atoms with E-state index in [0.29, 0.717) is 5.56 Å². The van der Waals surface area contributed by atoms with E-state index < -0.39 is 41.7 Å². The highest BCUT2D eigenvalue weighted by molar-refractivity contribution is 5.99. The maximum Gasteiger partial charge on any atom is 0.328 e. The second-order valence-corrected chi connectivity index (χ2v) is 7.68. The van der Waals surface area contributed by atoms with E-state index in [1.54, 1.807) is 12.1 Å². The van der Waals surface area contributed by atoms with Crippen molar-refractivity contribution in [2.24, 2.45) is 11.8 Å². The van der Waals surface area contributed by atoms with Crippen LogP contribution in [0.4, 0.5) is 0 Å². The first-order chi connectivity index (χ1) is 13.5. The van der Waals surface area contributed by atoms with Crippen molar-refractivity contribution in [2.75, 3.05) is 21.3 Å². The lowest BCUT2D eigenvalue weighted by molar-refractivity contribution is -0.162. The van der Waals surface area contributed by atoms with Gasteiger partial charge in [0.05, 0.1) is 21.3 Å². The second kappa shape index (κ2) is 10.0. The zero-order chi connectivity index (χ0) is 22.4. The molecule has 0 saturated carbocycles. The van der Waals surface area contributed by atoms with Crippen LogP contribution in [0.15, 0.2) is 24.3 Å². The van der Waals surface area contributed by atoms with E-state index in [1.807, 2.05) is 12.1 Å². The first-order valence-corrected chi connectivity index (χ1v) is 9.12. The number of benzene rings is 1. The molecule has 1 aromatic rings. The van der Waals surface area contributed by atoms with Crippen LogP contribution in [-0.4, -0.2) is 51.2 Å². The molecule has 160 valence electrons. The summed E-state index contributed by atoms with van der Waals surface area (Å²) in [7, 11) is 3.39. The van der Waals surface area contributed by atoms with E-state index in [-0.39, 0.29) is 5.41 Å². The molecule has 1 aromatic carbocycles. The van der Waals surface area contributed by atoms with Gasteiger partial charge in [-0.2, -0.15) is 0 Å². The molecule has 1 amide bonds. The Bertz CT molecular complexity index is 733. The normalized spacial score (nSPS) is 13.2. The highest BCUT2D eigenvalue weighted by Crippen LogP contribution is 2.23. The summed E-state index contributed by atoms with van der Waals surface area (Å²) in [6.07, 6.45) is 0. The molecule has 0 unspecified atom stereocenters. The smallest absolute Gasteiger partial charge is 0.328 e. The molecule has 2 atom stereocenters. The van der Waals surface area contributed by atoms with Crippen LogP contribution in [0, 0.1) is 11.8 Å². The largest absolute Gasteiger partial charge is 0.468 e. The lowest BCUT2D eigenvalue weighted by Crippen LogP contribution is -2.51. The molecule has 0 radical (unpaired) electrons. The minimum Gasteiger partial charge on any atom is -0.468 e. The zero-order valence-corrected chi connectivity index (χ0v) is 17.9. The summed E-state index contributed by atoms with van der Waals surface area (Å²) in [6.45, 7) is 7.62. The Morgan fingerprint density at radius 2 is 1.28 bits per heavy atom. The Balaban J connectivity index is 3.15. The average molecular weight is 407 g/mol. The van der Waals surface area contributed by atoms with Crippen molar-refractivity contribution >= 4 is 23.8 Å². The van der Waals surface area contributed by atoms with E-state index in [4.69, 9.17) is 4.74 Å². The van der Waals surface area contributed by atoms with Gasteiger partial charge in [0.1, 0.15) is 6.04 Å². The van der Waals surface area contributed by atoms with Crippen molar-refractivity contribution < 1.29 is 33.4 Å². The molecule has 0 spiro atoms. The molecule has 0 aliphatic heterocycles. The topological polar surface area (TPSA) is 108 Å². The Labute approximate surface area is 170 Å². The van der Waals surface area contributed by atoms with Gasteiger partial charge in [-0.25, -0.2) is 4.79 Å². The molecular formula is C21H29NO7. The van der Waals surface area contributed by atoms with Crippen LogP contribution in [-0.2, 0) is 34.0 Å². The van der Waals surface area contributed by atoms with Crippen LogP contribution in [0.1, 0.15) is 43.6 Å². The van der Waals surface area contributed by atoms with Gasteiger partial charge in [-0.05, 0) is 23.1 Å². The number of carbonyl (C=O) groups excluding carboxylic acids is 4. The number of nitrogens with one attached hydrogen (secondary N) is 1. The molecule has 0 aliphatic rings. The van der Waals surface area contributed by atoms with Gasteiger partial charge in [0.2, 0.25) is 0 Å². The van der Waals surface area contributed by atoms with Gasteiger partial charge >= 0.3 is 17.9 Å². The molecule has 1 N–H and O–H groups in total. The number of amides is 1. The number of carbonyl (C=O) groups is 4. The van der Waals surface area contributed by atoms with Gasteiger partial charge in [-0.3, -0.25) is 14.4 Å². The fraction of sp³-hybridized carbons (Fsp3) is 0.524.